The van der Waals surface area contributed by atoms with Crippen LogP contribution in [0.15, 0.2) is 30.3 Å². The van der Waals surface area contributed by atoms with Crippen molar-refractivity contribution in [3.05, 3.63) is 57.1 Å². The zero-order valence-electron chi connectivity index (χ0n) is 13.2. The second-order valence-electron chi connectivity index (χ2n) is 5.25. The molecular weight excluding hydrogens is 365 g/mol. The number of nitrogens with one attached hydrogen (secondary N) is 2. The molecule has 0 bridgehead atoms. The van der Waals surface area contributed by atoms with Gasteiger partial charge in [-0.1, -0.05) is 30.1 Å². The molecule has 0 spiro atoms. The first kappa shape index (κ1) is 18.5. The number of halogens is 2. The first-order valence-corrected chi connectivity index (χ1v) is 8.44. The maximum atomic E-state index is 12.6. The Morgan fingerprint density at radius 1 is 1.21 bits per heavy atom. The van der Waals surface area contributed by atoms with Crippen molar-refractivity contribution in [1.29, 1.82) is 0 Å². The fourth-order valence-electron chi connectivity index (χ4n) is 2.38. The minimum absolute atomic E-state index is 0.193. The molecule has 0 saturated carbocycles. The van der Waals surface area contributed by atoms with Gasteiger partial charge < -0.3 is 16.4 Å². The van der Waals surface area contributed by atoms with E-state index < -0.39 is 0 Å². The molecule has 24 heavy (non-hydrogen) atoms. The highest BCUT2D eigenvalue weighted by atomic mass is 35.5. The van der Waals surface area contributed by atoms with Gasteiger partial charge >= 0.3 is 0 Å². The lowest BCUT2D eigenvalue weighted by Gasteiger charge is -2.16. The van der Waals surface area contributed by atoms with Crippen molar-refractivity contribution in [2.75, 3.05) is 10.6 Å². The number of hydrogen-bond donors (Lipinski definition) is 3. The molecular formula is C17H17Cl2N3OS. The molecule has 4 N–H and O–H groups in total. The molecule has 0 aliphatic carbocycles. The van der Waals surface area contributed by atoms with E-state index in [2.05, 4.69) is 10.6 Å². The van der Waals surface area contributed by atoms with Crippen LogP contribution >= 0.6 is 35.4 Å². The highest BCUT2D eigenvalue weighted by molar-refractivity contribution is 7.80. The number of anilines is 2. The Hall–Kier alpha value is -1.82. The van der Waals surface area contributed by atoms with Crippen molar-refractivity contribution in [2.45, 2.75) is 20.3 Å². The fourth-order valence-corrected chi connectivity index (χ4v) is 2.88. The maximum absolute atomic E-state index is 12.6. The molecule has 0 aliphatic heterocycles. The second-order valence-corrected chi connectivity index (χ2v) is 6.53. The molecule has 0 radical (unpaired) electrons. The minimum atomic E-state index is -0.310. The number of hydrogen-bond acceptors (Lipinski definition) is 2. The molecule has 0 aromatic heterocycles. The lowest BCUT2D eigenvalue weighted by Crippen LogP contribution is -2.20. The number of carbonyl (C=O) groups excluding carboxylic acids is 1. The van der Waals surface area contributed by atoms with E-state index in [1.807, 2.05) is 26.0 Å². The number of amides is 1. The minimum Gasteiger partial charge on any atom is -0.376 e. The van der Waals surface area contributed by atoms with Crippen molar-refractivity contribution in [3.63, 3.8) is 0 Å². The topological polar surface area (TPSA) is 67.2 Å². The number of thiocarbonyl (C=S) groups is 1. The van der Waals surface area contributed by atoms with Gasteiger partial charge in [0.05, 0.1) is 10.6 Å². The summed E-state index contributed by atoms with van der Waals surface area (Å²) in [5.41, 5.74) is 9.22. The third-order valence-electron chi connectivity index (χ3n) is 3.48. The van der Waals surface area contributed by atoms with Crippen LogP contribution in [0.25, 0.3) is 0 Å². The summed E-state index contributed by atoms with van der Waals surface area (Å²) in [5, 5.41) is 6.82. The molecule has 0 unspecified atom stereocenters. The van der Waals surface area contributed by atoms with Gasteiger partial charge in [0.25, 0.3) is 5.91 Å². The average molecular weight is 382 g/mol. The zero-order chi connectivity index (χ0) is 17.9. The van der Waals surface area contributed by atoms with Gasteiger partial charge in [0, 0.05) is 16.4 Å². The molecule has 2 aromatic rings. The molecule has 0 atom stereocenters. The van der Waals surface area contributed by atoms with E-state index >= 15 is 0 Å². The molecule has 2 aromatic carbocycles. The SMILES string of the molecule is CCc1cc(NC(N)=S)cc(C)c1NC(=O)c1cc(Cl)ccc1Cl. The summed E-state index contributed by atoms with van der Waals surface area (Å²) >= 11 is 16.9. The van der Waals surface area contributed by atoms with E-state index in [1.165, 1.54) is 0 Å². The van der Waals surface area contributed by atoms with Crippen LogP contribution in [-0.4, -0.2) is 11.0 Å². The molecule has 1 amide bonds. The first-order valence-electron chi connectivity index (χ1n) is 7.28. The van der Waals surface area contributed by atoms with Gasteiger partial charge in [-0.15, -0.1) is 0 Å². The predicted octanol–water partition coefficient (Wildman–Crippen LogP) is 4.77. The summed E-state index contributed by atoms with van der Waals surface area (Å²) in [6.45, 7) is 3.90. The number of aryl methyl sites for hydroxylation is 2. The van der Waals surface area contributed by atoms with Gasteiger partial charge in [-0.2, -0.15) is 0 Å². The van der Waals surface area contributed by atoms with Gasteiger partial charge in [0.2, 0.25) is 0 Å². The lowest BCUT2D eigenvalue weighted by atomic mass is 10.0. The predicted molar refractivity (Wildman–Crippen MR) is 105 cm³/mol. The summed E-state index contributed by atoms with van der Waals surface area (Å²) in [6.07, 6.45) is 0.729. The number of rotatable bonds is 4. The largest absolute Gasteiger partial charge is 0.376 e. The summed E-state index contributed by atoms with van der Waals surface area (Å²) in [7, 11) is 0. The van der Waals surface area contributed by atoms with E-state index in [4.69, 9.17) is 41.2 Å². The van der Waals surface area contributed by atoms with Crippen LogP contribution in [-0.2, 0) is 6.42 Å². The van der Waals surface area contributed by atoms with Gasteiger partial charge in [0.1, 0.15) is 0 Å². The van der Waals surface area contributed by atoms with E-state index in [1.54, 1.807) is 18.2 Å². The number of carbonyl (C=O) groups is 1. The lowest BCUT2D eigenvalue weighted by molar-refractivity contribution is 0.102. The molecule has 2 rings (SSSR count). The van der Waals surface area contributed by atoms with Crippen LogP contribution in [0.1, 0.15) is 28.4 Å². The first-order chi connectivity index (χ1) is 11.3. The molecule has 0 fully saturated rings. The van der Waals surface area contributed by atoms with E-state index in [0.717, 1.165) is 28.9 Å². The fraction of sp³-hybridized carbons (Fsp3) is 0.176. The van der Waals surface area contributed by atoms with Crippen molar-refractivity contribution >= 4 is 57.8 Å². The highest BCUT2D eigenvalue weighted by Crippen LogP contribution is 2.28. The van der Waals surface area contributed by atoms with Gasteiger partial charge in [-0.3, -0.25) is 4.79 Å². The Bertz CT molecular complexity index is 809. The highest BCUT2D eigenvalue weighted by Gasteiger charge is 2.15. The number of benzene rings is 2. The van der Waals surface area contributed by atoms with Crippen LogP contribution < -0.4 is 16.4 Å². The second kappa shape index (κ2) is 7.83. The Labute approximate surface area is 156 Å². The Morgan fingerprint density at radius 2 is 1.92 bits per heavy atom. The zero-order valence-corrected chi connectivity index (χ0v) is 15.6. The smallest absolute Gasteiger partial charge is 0.257 e. The molecule has 0 aliphatic rings. The summed E-state index contributed by atoms with van der Waals surface area (Å²) in [4.78, 5) is 12.6. The van der Waals surface area contributed by atoms with Crippen LogP contribution in [0.5, 0.6) is 0 Å². The third-order valence-corrected chi connectivity index (χ3v) is 4.14. The van der Waals surface area contributed by atoms with Crippen LogP contribution in [0.3, 0.4) is 0 Å². The standard InChI is InChI=1S/C17H17Cl2N3OS/c1-3-10-7-12(21-17(20)24)6-9(2)15(10)22-16(23)13-8-11(18)4-5-14(13)19/h4-8H,3H2,1-2H3,(H,22,23)(H3,20,21,24). The van der Waals surface area contributed by atoms with Crippen molar-refractivity contribution < 1.29 is 4.79 Å². The Balaban J connectivity index is 2.36. The summed E-state index contributed by atoms with van der Waals surface area (Å²) < 4.78 is 0. The summed E-state index contributed by atoms with van der Waals surface area (Å²) in [5.74, 6) is -0.310. The quantitative estimate of drug-likeness (QED) is 0.667. The van der Waals surface area contributed by atoms with Crippen LogP contribution in [0, 0.1) is 6.92 Å². The molecule has 7 heteroatoms. The normalized spacial score (nSPS) is 10.3. The molecule has 4 nitrogen and oxygen atoms in total. The Morgan fingerprint density at radius 3 is 2.54 bits per heavy atom. The average Bonchev–Trinajstić information content (AvgIpc) is 2.51. The van der Waals surface area contributed by atoms with Crippen LogP contribution in [0.4, 0.5) is 11.4 Å². The van der Waals surface area contributed by atoms with E-state index in [-0.39, 0.29) is 11.0 Å². The Kier molecular flexibility index (Phi) is 6.04. The van der Waals surface area contributed by atoms with Gasteiger partial charge in [-0.05, 0) is 67.0 Å². The van der Waals surface area contributed by atoms with Crippen molar-refractivity contribution in [2.24, 2.45) is 5.73 Å². The summed E-state index contributed by atoms with van der Waals surface area (Å²) in [6, 6.07) is 8.55. The molecule has 0 saturated heterocycles. The van der Waals surface area contributed by atoms with Crippen molar-refractivity contribution in [1.82, 2.24) is 0 Å². The van der Waals surface area contributed by atoms with Gasteiger partial charge in [0.15, 0.2) is 5.11 Å². The van der Waals surface area contributed by atoms with Crippen molar-refractivity contribution in [3.8, 4) is 0 Å². The monoisotopic (exact) mass is 381 g/mol. The van der Waals surface area contributed by atoms with Gasteiger partial charge in [-0.25, -0.2) is 0 Å². The van der Waals surface area contributed by atoms with Crippen LogP contribution in [0.2, 0.25) is 10.0 Å². The maximum Gasteiger partial charge on any atom is 0.257 e. The third kappa shape index (κ3) is 4.38. The molecule has 0 heterocycles. The molecule has 126 valence electrons. The van der Waals surface area contributed by atoms with E-state index in [0.29, 0.717) is 15.6 Å². The number of nitrogens with two attached hydrogens (primary N) is 1. The van der Waals surface area contributed by atoms with E-state index in [9.17, 15) is 4.79 Å².